The minimum atomic E-state index is -0.0709. The van der Waals surface area contributed by atoms with E-state index in [2.05, 4.69) is 0 Å². The van der Waals surface area contributed by atoms with E-state index >= 15 is 0 Å². The molecule has 0 N–H and O–H groups in total. The number of amides is 2. The van der Waals surface area contributed by atoms with Gasteiger partial charge in [0.2, 0.25) is 0 Å². The Morgan fingerprint density at radius 1 is 1.12 bits per heavy atom. The number of hydrogen-bond donors (Lipinski definition) is 0. The number of piperazine rings is 1. The zero-order valence-electron chi connectivity index (χ0n) is 14.8. The SMILES string of the molecule is Cc1cc(OCC(=O)N2CCN(C(=O)c3cccs3)CC2)cc(C)c1Cl. The molecule has 0 aliphatic carbocycles. The zero-order chi connectivity index (χ0) is 18.7. The van der Waals surface area contributed by atoms with Crippen LogP contribution in [0.5, 0.6) is 5.75 Å². The number of thiophene rings is 1. The van der Waals surface area contributed by atoms with Gasteiger partial charge in [-0.2, -0.15) is 0 Å². The van der Waals surface area contributed by atoms with Gasteiger partial charge in [0.1, 0.15) is 5.75 Å². The van der Waals surface area contributed by atoms with Gasteiger partial charge in [-0.1, -0.05) is 17.7 Å². The molecule has 138 valence electrons. The summed E-state index contributed by atoms with van der Waals surface area (Å²) in [6, 6.07) is 7.37. The lowest BCUT2D eigenvalue weighted by atomic mass is 10.1. The van der Waals surface area contributed by atoms with E-state index in [1.54, 1.807) is 9.80 Å². The summed E-state index contributed by atoms with van der Waals surface area (Å²) in [5, 5.41) is 2.61. The highest BCUT2D eigenvalue weighted by Gasteiger charge is 2.25. The van der Waals surface area contributed by atoms with Crippen LogP contribution in [-0.2, 0) is 4.79 Å². The molecule has 2 aromatic rings. The van der Waals surface area contributed by atoms with Crippen molar-refractivity contribution >= 4 is 34.8 Å². The average Bonchev–Trinajstić information content (AvgIpc) is 3.18. The lowest BCUT2D eigenvalue weighted by Gasteiger charge is -2.34. The monoisotopic (exact) mass is 392 g/mol. The third-order valence-electron chi connectivity index (χ3n) is 4.42. The molecule has 0 spiro atoms. The first-order valence-corrected chi connectivity index (χ1v) is 9.71. The summed E-state index contributed by atoms with van der Waals surface area (Å²) in [5.41, 5.74) is 1.85. The van der Waals surface area contributed by atoms with Crippen LogP contribution in [0.4, 0.5) is 0 Å². The van der Waals surface area contributed by atoms with E-state index in [-0.39, 0.29) is 18.4 Å². The van der Waals surface area contributed by atoms with Gasteiger partial charge in [-0.25, -0.2) is 0 Å². The number of nitrogens with zero attached hydrogens (tertiary/aromatic N) is 2. The first kappa shape index (κ1) is 18.7. The average molecular weight is 393 g/mol. The first-order chi connectivity index (χ1) is 12.5. The summed E-state index contributed by atoms with van der Waals surface area (Å²) in [6.45, 7) is 5.94. The van der Waals surface area contributed by atoms with Gasteiger partial charge >= 0.3 is 0 Å². The number of halogens is 1. The van der Waals surface area contributed by atoms with E-state index in [9.17, 15) is 9.59 Å². The van der Waals surface area contributed by atoms with Gasteiger partial charge in [0.05, 0.1) is 4.88 Å². The van der Waals surface area contributed by atoms with Crippen molar-refractivity contribution in [2.45, 2.75) is 13.8 Å². The Morgan fingerprint density at radius 2 is 1.73 bits per heavy atom. The van der Waals surface area contributed by atoms with Gasteiger partial charge in [-0.3, -0.25) is 9.59 Å². The summed E-state index contributed by atoms with van der Waals surface area (Å²) < 4.78 is 5.64. The standard InChI is InChI=1S/C19H21ClN2O3S/c1-13-10-15(11-14(2)18(13)20)25-12-17(23)21-5-7-22(8-6-21)19(24)16-4-3-9-26-16/h3-4,9-11H,5-8,12H2,1-2H3. The molecule has 2 heterocycles. The largest absolute Gasteiger partial charge is 0.484 e. The second-order valence-corrected chi connectivity index (χ2v) is 7.64. The van der Waals surface area contributed by atoms with Crippen molar-refractivity contribution in [2.24, 2.45) is 0 Å². The van der Waals surface area contributed by atoms with Crippen molar-refractivity contribution in [1.29, 1.82) is 0 Å². The summed E-state index contributed by atoms with van der Waals surface area (Å²) in [4.78, 5) is 29.0. The highest BCUT2D eigenvalue weighted by atomic mass is 35.5. The topological polar surface area (TPSA) is 49.9 Å². The van der Waals surface area contributed by atoms with Crippen molar-refractivity contribution in [3.63, 3.8) is 0 Å². The van der Waals surface area contributed by atoms with Crippen LogP contribution in [0.3, 0.4) is 0 Å². The van der Waals surface area contributed by atoms with Gasteiger partial charge in [-0.15, -0.1) is 11.3 Å². The van der Waals surface area contributed by atoms with Crippen LogP contribution in [0.1, 0.15) is 20.8 Å². The third kappa shape index (κ3) is 4.19. The van der Waals surface area contributed by atoms with Crippen LogP contribution in [0.15, 0.2) is 29.6 Å². The molecule has 0 unspecified atom stereocenters. The van der Waals surface area contributed by atoms with E-state index in [0.717, 1.165) is 21.0 Å². The molecule has 1 aliphatic rings. The Morgan fingerprint density at radius 3 is 2.31 bits per heavy atom. The lowest BCUT2D eigenvalue weighted by molar-refractivity contribution is -0.134. The predicted octanol–water partition coefficient (Wildman–Crippen LogP) is 3.38. The predicted molar refractivity (Wildman–Crippen MR) is 103 cm³/mol. The maximum atomic E-state index is 12.4. The number of benzene rings is 1. The van der Waals surface area contributed by atoms with Crippen molar-refractivity contribution in [3.8, 4) is 5.75 Å². The molecule has 1 aliphatic heterocycles. The van der Waals surface area contributed by atoms with Crippen LogP contribution in [-0.4, -0.2) is 54.4 Å². The van der Waals surface area contributed by atoms with Crippen molar-refractivity contribution in [2.75, 3.05) is 32.8 Å². The third-order valence-corrected chi connectivity index (χ3v) is 5.88. The molecule has 0 saturated carbocycles. The van der Waals surface area contributed by atoms with Crippen LogP contribution in [0, 0.1) is 13.8 Å². The molecule has 0 bridgehead atoms. The second kappa shape index (κ2) is 8.10. The van der Waals surface area contributed by atoms with Crippen LogP contribution in [0.25, 0.3) is 0 Å². The molecule has 1 aromatic carbocycles. The summed E-state index contributed by atoms with van der Waals surface area (Å²) >= 11 is 7.59. The van der Waals surface area contributed by atoms with Crippen molar-refractivity contribution < 1.29 is 14.3 Å². The fourth-order valence-corrected chi connectivity index (χ4v) is 3.74. The van der Waals surface area contributed by atoms with Gasteiger partial charge in [-0.05, 0) is 48.6 Å². The normalized spacial score (nSPS) is 14.4. The van der Waals surface area contributed by atoms with E-state index in [0.29, 0.717) is 31.9 Å². The molecular formula is C19H21ClN2O3S. The molecule has 0 radical (unpaired) electrons. The quantitative estimate of drug-likeness (QED) is 0.801. The molecule has 2 amide bonds. The minimum absolute atomic E-state index is 0.0145. The van der Waals surface area contributed by atoms with Crippen molar-refractivity contribution in [1.82, 2.24) is 9.80 Å². The van der Waals surface area contributed by atoms with E-state index in [1.807, 2.05) is 43.5 Å². The van der Waals surface area contributed by atoms with E-state index in [1.165, 1.54) is 11.3 Å². The van der Waals surface area contributed by atoms with Crippen molar-refractivity contribution in [3.05, 3.63) is 50.7 Å². The Hall–Kier alpha value is -2.05. The number of aryl methyl sites for hydroxylation is 2. The molecule has 5 nitrogen and oxygen atoms in total. The Kier molecular flexibility index (Phi) is 5.84. The highest BCUT2D eigenvalue weighted by molar-refractivity contribution is 7.12. The van der Waals surface area contributed by atoms with Gasteiger partial charge in [0.15, 0.2) is 6.61 Å². The fourth-order valence-electron chi connectivity index (χ4n) is 2.94. The first-order valence-electron chi connectivity index (χ1n) is 8.46. The minimum Gasteiger partial charge on any atom is -0.484 e. The molecule has 0 atom stereocenters. The number of carbonyl (C=O) groups excluding carboxylic acids is 2. The fraction of sp³-hybridized carbons (Fsp3) is 0.368. The van der Waals surface area contributed by atoms with Crippen LogP contribution < -0.4 is 4.74 Å². The maximum absolute atomic E-state index is 12.4. The van der Waals surface area contributed by atoms with E-state index in [4.69, 9.17) is 16.3 Å². The van der Waals surface area contributed by atoms with Gasteiger partial charge in [0, 0.05) is 31.2 Å². The maximum Gasteiger partial charge on any atom is 0.264 e. The Bertz CT molecular complexity index is 776. The highest BCUT2D eigenvalue weighted by Crippen LogP contribution is 2.25. The molecular weight excluding hydrogens is 372 g/mol. The van der Waals surface area contributed by atoms with Crippen LogP contribution in [0.2, 0.25) is 5.02 Å². The van der Waals surface area contributed by atoms with Gasteiger partial charge in [0.25, 0.3) is 11.8 Å². The summed E-state index contributed by atoms with van der Waals surface area (Å²) in [5.74, 6) is 0.609. The Balaban J connectivity index is 1.50. The zero-order valence-corrected chi connectivity index (χ0v) is 16.4. The smallest absolute Gasteiger partial charge is 0.264 e. The molecule has 1 fully saturated rings. The number of rotatable bonds is 4. The molecule has 26 heavy (non-hydrogen) atoms. The lowest BCUT2D eigenvalue weighted by Crippen LogP contribution is -2.51. The van der Waals surface area contributed by atoms with E-state index < -0.39 is 0 Å². The number of carbonyl (C=O) groups is 2. The molecule has 1 aromatic heterocycles. The van der Waals surface area contributed by atoms with Crippen LogP contribution >= 0.6 is 22.9 Å². The molecule has 3 rings (SSSR count). The van der Waals surface area contributed by atoms with Gasteiger partial charge < -0.3 is 14.5 Å². The number of ether oxygens (including phenoxy) is 1. The summed E-state index contributed by atoms with van der Waals surface area (Å²) in [6.07, 6.45) is 0. The number of hydrogen-bond acceptors (Lipinski definition) is 4. The summed E-state index contributed by atoms with van der Waals surface area (Å²) in [7, 11) is 0. The second-order valence-electron chi connectivity index (χ2n) is 6.31. The molecule has 7 heteroatoms. The molecule has 1 saturated heterocycles. The Labute approximate surface area is 162 Å².